The first-order valence-corrected chi connectivity index (χ1v) is 29.3. The third-order valence-corrected chi connectivity index (χ3v) is 13.2. The van der Waals surface area contributed by atoms with E-state index in [0.29, 0.717) is 19.3 Å². The molecule has 0 bridgehead atoms. The molecular weight excluding hydrogens is 817 g/mol. The molecule has 1 atom stereocenters. The largest absolute Gasteiger partial charge is 0.462 e. The molecule has 66 heavy (non-hydrogen) atoms. The number of carbonyl (C=O) groups excluding carboxylic acids is 3. The Kier molecular flexibility index (Phi) is 53.7. The zero-order valence-corrected chi connectivity index (χ0v) is 44.5. The van der Waals surface area contributed by atoms with Crippen molar-refractivity contribution >= 4 is 17.9 Å². The zero-order valence-electron chi connectivity index (χ0n) is 44.5. The van der Waals surface area contributed by atoms with E-state index in [0.717, 1.165) is 70.6 Å². The normalized spacial score (nSPS) is 12.1. The highest BCUT2D eigenvalue weighted by Gasteiger charge is 2.19. The second-order valence-corrected chi connectivity index (χ2v) is 19.9. The van der Waals surface area contributed by atoms with Crippen molar-refractivity contribution in [3.8, 4) is 0 Å². The van der Waals surface area contributed by atoms with Gasteiger partial charge in [-0.25, -0.2) is 0 Å². The quantitative estimate of drug-likeness (QED) is 0.0262. The number of hydrogen-bond acceptors (Lipinski definition) is 6. The van der Waals surface area contributed by atoms with E-state index in [1.807, 2.05) is 0 Å². The first-order valence-electron chi connectivity index (χ1n) is 29.3. The average molecular weight is 930 g/mol. The number of hydrogen-bond donors (Lipinski definition) is 0. The molecular formula is C60H112O6. The molecule has 0 radical (unpaired) electrons. The Hall–Kier alpha value is -2.11. The van der Waals surface area contributed by atoms with Gasteiger partial charge in [0.2, 0.25) is 0 Å². The van der Waals surface area contributed by atoms with Crippen LogP contribution in [0.5, 0.6) is 0 Å². The van der Waals surface area contributed by atoms with E-state index in [2.05, 4.69) is 45.1 Å². The molecule has 0 aliphatic rings. The van der Waals surface area contributed by atoms with Crippen molar-refractivity contribution in [2.24, 2.45) is 0 Å². The predicted molar refractivity (Wildman–Crippen MR) is 284 cm³/mol. The van der Waals surface area contributed by atoms with Gasteiger partial charge in [0, 0.05) is 19.3 Å². The molecule has 6 heteroatoms. The fourth-order valence-corrected chi connectivity index (χ4v) is 8.73. The van der Waals surface area contributed by atoms with Crippen molar-refractivity contribution in [3.05, 3.63) is 24.3 Å². The Bertz CT molecular complexity index is 1070. The van der Waals surface area contributed by atoms with Gasteiger partial charge in [0.05, 0.1) is 0 Å². The number of carbonyl (C=O) groups is 3. The molecule has 0 spiro atoms. The van der Waals surface area contributed by atoms with Gasteiger partial charge in [-0.05, 0) is 70.6 Å². The summed E-state index contributed by atoms with van der Waals surface area (Å²) in [6, 6.07) is 0. The highest BCUT2D eigenvalue weighted by Crippen LogP contribution is 2.17. The summed E-state index contributed by atoms with van der Waals surface area (Å²) in [7, 11) is 0. The van der Waals surface area contributed by atoms with Crippen molar-refractivity contribution in [2.45, 2.75) is 329 Å². The van der Waals surface area contributed by atoms with Gasteiger partial charge in [0.1, 0.15) is 13.2 Å². The number of ether oxygens (including phenoxy) is 3. The van der Waals surface area contributed by atoms with Crippen LogP contribution < -0.4 is 0 Å². The van der Waals surface area contributed by atoms with Crippen molar-refractivity contribution in [1.82, 2.24) is 0 Å². The second-order valence-electron chi connectivity index (χ2n) is 19.9. The summed E-state index contributed by atoms with van der Waals surface area (Å²) in [6.07, 6.45) is 64.5. The SMILES string of the molecule is CCCCCCC/C=C\CCCCCCCC(=O)OC[C@H](COC(=O)CCCCCCCCCCCCCCCCCCCCC)OC(=O)CCCCCCC/C=C\CCCCCCCC. The van der Waals surface area contributed by atoms with Gasteiger partial charge in [-0.15, -0.1) is 0 Å². The first-order chi connectivity index (χ1) is 32.5. The topological polar surface area (TPSA) is 78.9 Å². The van der Waals surface area contributed by atoms with Crippen LogP contribution in [0.15, 0.2) is 24.3 Å². The number of rotatable bonds is 54. The smallest absolute Gasteiger partial charge is 0.306 e. The van der Waals surface area contributed by atoms with Crippen molar-refractivity contribution in [1.29, 1.82) is 0 Å². The third kappa shape index (κ3) is 52.9. The fraction of sp³-hybridized carbons (Fsp3) is 0.883. The Balaban J connectivity index is 4.32. The van der Waals surface area contributed by atoms with Crippen LogP contribution in [0.2, 0.25) is 0 Å². The molecule has 0 amide bonds. The van der Waals surface area contributed by atoms with Crippen LogP contribution in [-0.4, -0.2) is 37.2 Å². The molecule has 0 aliphatic carbocycles. The maximum absolute atomic E-state index is 12.8. The van der Waals surface area contributed by atoms with E-state index >= 15 is 0 Å². The lowest BCUT2D eigenvalue weighted by Crippen LogP contribution is -2.30. The van der Waals surface area contributed by atoms with Crippen molar-refractivity contribution in [3.63, 3.8) is 0 Å². The highest BCUT2D eigenvalue weighted by atomic mass is 16.6. The molecule has 388 valence electrons. The van der Waals surface area contributed by atoms with Crippen molar-refractivity contribution < 1.29 is 28.6 Å². The van der Waals surface area contributed by atoms with Crippen LogP contribution in [0.1, 0.15) is 323 Å². The molecule has 0 saturated heterocycles. The lowest BCUT2D eigenvalue weighted by Gasteiger charge is -2.18. The summed E-state index contributed by atoms with van der Waals surface area (Å²) in [6.45, 7) is 6.66. The minimum atomic E-state index is -0.775. The van der Waals surface area contributed by atoms with Gasteiger partial charge in [-0.1, -0.05) is 257 Å². The van der Waals surface area contributed by atoms with Gasteiger partial charge in [-0.3, -0.25) is 14.4 Å². The Labute approximate surface area is 411 Å². The molecule has 0 aromatic rings. The molecule has 0 rings (SSSR count). The van der Waals surface area contributed by atoms with Gasteiger partial charge < -0.3 is 14.2 Å². The molecule has 0 aliphatic heterocycles. The van der Waals surface area contributed by atoms with E-state index < -0.39 is 6.10 Å². The molecule has 0 heterocycles. The summed E-state index contributed by atoms with van der Waals surface area (Å²) >= 11 is 0. The molecule has 0 saturated carbocycles. The summed E-state index contributed by atoms with van der Waals surface area (Å²) in [5.74, 6) is -0.870. The minimum Gasteiger partial charge on any atom is -0.462 e. The van der Waals surface area contributed by atoms with Crippen LogP contribution >= 0.6 is 0 Å². The summed E-state index contributed by atoms with van der Waals surface area (Å²) in [5.41, 5.74) is 0. The van der Waals surface area contributed by atoms with Crippen LogP contribution in [0.3, 0.4) is 0 Å². The fourth-order valence-electron chi connectivity index (χ4n) is 8.73. The summed E-state index contributed by atoms with van der Waals surface area (Å²) < 4.78 is 16.9. The monoisotopic (exact) mass is 929 g/mol. The third-order valence-electron chi connectivity index (χ3n) is 13.2. The lowest BCUT2D eigenvalue weighted by atomic mass is 10.0. The number of esters is 3. The maximum atomic E-state index is 12.8. The zero-order chi connectivity index (χ0) is 47.9. The Morgan fingerprint density at radius 1 is 0.288 bits per heavy atom. The maximum Gasteiger partial charge on any atom is 0.306 e. The van der Waals surface area contributed by atoms with Crippen LogP contribution in [0.4, 0.5) is 0 Å². The van der Waals surface area contributed by atoms with Crippen molar-refractivity contribution in [2.75, 3.05) is 13.2 Å². The number of unbranched alkanes of at least 4 members (excludes halogenated alkanes) is 39. The Morgan fingerprint density at radius 2 is 0.500 bits per heavy atom. The highest BCUT2D eigenvalue weighted by molar-refractivity contribution is 5.71. The van der Waals surface area contributed by atoms with E-state index in [9.17, 15) is 14.4 Å². The number of allylic oxidation sites excluding steroid dienone is 4. The van der Waals surface area contributed by atoms with Gasteiger partial charge in [-0.2, -0.15) is 0 Å². The summed E-state index contributed by atoms with van der Waals surface area (Å²) in [4.78, 5) is 38.1. The van der Waals surface area contributed by atoms with Crippen LogP contribution in [0, 0.1) is 0 Å². The van der Waals surface area contributed by atoms with E-state index in [1.54, 1.807) is 0 Å². The first kappa shape index (κ1) is 63.9. The average Bonchev–Trinajstić information content (AvgIpc) is 3.31. The van der Waals surface area contributed by atoms with Gasteiger partial charge in [0.15, 0.2) is 6.10 Å². The van der Waals surface area contributed by atoms with Crippen LogP contribution in [-0.2, 0) is 28.6 Å². The molecule has 0 N–H and O–H groups in total. The van der Waals surface area contributed by atoms with E-state index in [4.69, 9.17) is 14.2 Å². The molecule has 0 aromatic heterocycles. The molecule has 0 fully saturated rings. The predicted octanol–water partition coefficient (Wildman–Crippen LogP) is 19.5. The molecule has 0 aromatic carbocycles. The van der Waals surface area contributed by atoms with E-state index in [1.165, 1.54) is 212 Å². The van der Waals surface area contributed by atoms with Gasteiger partial charge in [0.25, 0.3) is 0 Å². The Morgan fingerprint density at radius 3 is 0.758 bits per heavy atom. The van der Waals surface area contributed by atoms with E-state index in [-0.39, 0.29) is 31.1 Å². The summed E-state index contributed by atoms with van der Waals surface area (Å²) in [5, 5.41) is 0. The minimum absolute atomic E-state index is 0.0728. The van der Waals surface area contributed by atoms with Crippen LogP contribution in [0.25, 0.3) is 0 Å². The molecule has 6 nitrogen and oxygen atoms in total. The standard InChI is InChI=1S/C60H112O6/c1-4-7-10-13-16-19-22-25-28-29-30-31-33-35-38-41-44-47-50-53-59(62)65-56-57(55-64-58(61)52-49-46-43-40-37-34-27-24-21-18-15-12-9-6-3)66-60(63)54-51-48-45-42-39-36-32-26-23-20-17-14-11-8-5-2/h24,26-27,32,57H,4-23,25,28-31,33-56H2,1-3H3/b27-24-,32-26-/t57-/m1/s1. The second kappa shape index (κ2) is 55.5. The molecule has 0 unspecified atom stereocenters. The lowest BCUT2D eigenvalue weighted by molar-refractivity contribution is -0.167. The van der Waals surface area contributed by atoms with Gasteiger partial charge >= 0.3 is 17.9 Å².